The van der Waals surface area contributed by atoms with Crippen LogP contribution >= 0.6 is 0 Å². The molecule has 9 heteroatoms. The topological polar surface area (TPSA) is 108 Å². The molecule has 9 nitrogen and oxygen atoms in total. The van der Waals surface area contributed by atoms with Crippen LogP contribution in [0.3, 0.4) is 0 Å². The molecule has 2 aromatic heterocycles. The number of nitrogens with zero attached hydrogens (tertiary/aromatic N) is 4. The third kappa shape index (κ3) is 4.63. The summed E-state index contributed by atoms with van der Waals surface area (Å²) in [5.41, 5.74) is 2.68. The summed E-state index contributed by atoms with van der Waals surface area (Å²) in [6.07, 6.45) is 2.92. The second-order valence-corrected chi connectivity index (χ2v) is 4.15. The maximum Gasteiger partial charge on any atom is 0.328 e. The van der Waals surface area contributed by atoms with E-state index in [2.05, 4.69) is 25.5 Å². The molecular weight excluding hydrogens is 302 g/mol. The van der Waals surface area contributed by atoms with E-state index in [-0.39, 0.29) is 11.9 Å². The normalized spacial score (nSPS) is 10.4. The maximum atomic E-state index is 10.8. The Bertz CT molecular complexity index is 698. The smallest absolute Gasteiger partial charge is 0.328 e. The van der Waals surface area contributed by atoms with Gasteiger partial charge in [0, 0.05) is 13.1 Å². The minimum absolute atomic E-state index is 0.0309. The van der Waals surface area contributed by atoms with Gasteiger partial charge in [-0.05, 0) is 12.1 Å². The van der Waals surface area contributed by atoms with Gasteiger partial charge in [0.2, 0.25) is 17.7 Å². The first-order chi connectivity index (χ1) is 11.1. The van der Waals surface area contributed by atoms with Gasteiger partial charge in [-0.2, -0.15) is 15.1 Å². The minimum atomic E-state index is -0.291. The number of ether oxygens (including phenoxy) is 3. The molecule has 0 atom stereocenters. The molecule has 0 saturated carbocycles. The van der Waals surface area contributed by atoms with Crippen molar-refractivity contribution < 1.29 is 19.0 Å². The van der Waals surface area contributed by atoms with Gasteiger partial charge in [-0.3, -0.25) is 9.78 Å². The number of hydrogen-bond acceptors (Lipinski definition) is 8. The maximum absolute atomic E-state index is 10.8. The Hall–Kier alpha value is -3.23. The summed E-state index contributed by atoms with van der Waals surface area (Å²) in [6.45, 7) is 1.35. The fraction of sp³-hybridized carbons (Fsp3) is 0.214. The Morgan fingerprint density at radius 2 is 1.96 bits per heavy atom. The van der Waals surface area contributed by atoms with Gasteiger partial charge in [0.15, 0.2) is 5.75 Å². The molecule has 0 saturated heterocycles. The van der Waals surface area contributed by atoms with Crippen molar-refractivity contribution in [2.24, 2.45) is 5.10 Å². The Morgan fingerprint density at radius 1 is 1.26 bits per heavy atom. The summed E-state index contributed by atoms with van der Waals surface area (Å²) in [7, 11) is 2.95. The molecule has 0 aliphatic rings. The zero-order chi connectivity index (χ0) is 16.7. The molecular formula is C14H15N5O4. The molecule has 0 fully saturated rings. The van der Waals surface area contributed by atoms with Crippen LogP contribution < -0.4 is 19.6 Å². The van der Waals surface area contributed by atoms with Crippen LogP contribution in [0, 0.1) is 0 Å². The van der Waals surface area contributed by atoms with Gasteiger partial charge >= 0.3 is 6.01 Å². The summed E-state index contributed by atoms with van der Waals surface area (Å²) < 4.78 is 15.7. The van der Waals surface area contributed by atoms with Gasteiger partial charge in [0.05, 0.1) is 26.5 Å². The molecule has 120 valence electrons. The lowest BCUT2D eigenvalue weighted by Gasteiger charge is -2.08. The van der Waals surface area contributed by atoms with Crippen molar-refractivity contribution in [2.75, 3.05) is 14.2 Å². The number of aromatic nitrogens is 3. The summed E-state index contributed by atoms with van der Waals surface area (Å²) in [6, 6.07) is 4.90. The number of methoxy groups -OCH3 is 2. The van der Waals surface area contributed by atoms with Crippen LogP contribution in [0.1, 0.15) is 12.6 Å². The standard InChI is InChI=1S/C14H15N5O4/c1-9(20)19-16-8-10-11(5-4-6-15-10)23-14-17-12(21-2)7-13(18-14)22-3/h4-8H,1-3H3,(H,19,20). The van der Waals surface area contributed by atoms with Gasteiger partial charge in [-0.25, -0.2) is 5.43 Å². The van der Waals surface area contributed by atoms with Crippen molar-refractivity contribution >= 4 is 12.1 Å². The quantitative estimate of drug-likeness (QED) is 0.629. The average molecular weight is 317 g/mol. The Kier molecular flexibility index (Phi) is 5.40. The van der Waals surface area contributed by atoms with Gasteiger partial charge in [0.25, 0.3) is 0 Å². The Labute approximate surface area is 132 Å². The number of carbonyl (C=O) groups excluding carboxylic acids is 1. The van der Waals surface area contributed by atoms with Crippen molar-refractivity contribution in [3.05, 3.63) is 30.1 Å². The van der Waals surface area contributed by atoms with Crippen molar-refractivity contribution in [3.8, 4) is 23.5 Å². The summed E-state index contributed by atoms with van der Waals surface area (Å²) in [4.78, 5) is 23.1. The van der Waals surface area contributed by atoms with E-state index in [0.717, 1.165) is 0 Å². The van der Waals surface area contributed by atoms with Gasteiger partial charge in [0.1, 0.15) is 5.69 Å². The van der Waals surface area contributed by atoms with Crippen LogP contribution in [0.4, 0.5) is 0 Å². The van der Waals surface area contributed by atoms with E-state index in [4.69, 9.17) is 14.2 Å². The third-order valence-electron chi connectivity index (χ3n) is 2.49. The SMILES string of the molecule is COc1cc(OC)nc(Oc2cccnc2C=NNC(C)=O)n1. The first-order valence-electron chi connectivity index (χ1n) is 6.52. The summed E-state index contributed by atoms with van der Waals surface area (Å²) in [5, 5.41) is 3.75. The molecule has 0 spiro atoms. The molecule has 1 amide bonds. The van der Waals surface area contributed by atoms with Crippen molar-refractivity contribution in [2.45, 2.75) is 6.92 Å². The van der Waals surface area contributed by atoms with Gasteiger partial charge < -0.3 is 14.2 Å². The van der Waals surface area contributed by atoms with Gasteiger partial charge in [-0.15, -0.1) is 0 Å². The minimum Gasteiger partial charge on any atom is -0.481 e. The van der Waals surface area contributed by atoms with E-state index < -0.39 is 0 Å². The highest BCUT2D eigenvalue weighted by Gasteiger charge is 2.10. The zero-order valence-electron chi connectivity index (χ0n) is 12.8. The van der Waals surface area contributed by atoms with E-state index in [9.17, 15) is 4.79 Å². The number of amides is 1. The largest absolute Gasteiger partial charge is 0.481 e. The molecule has 0 aromatic carbocycles. The molecule has 23 heavy (non-hydrogen) atoms. The Morgan fingerprint density at radius 3 is 2.57 bits per heavy atom. The second kappa shape index (κ2) is 7.69. The van der Waals surface area contributed by atoms with E-state index in [1.807, 2.05) is 0 Å². The lowest BCUT2D eigenvalue weighted by Crippen LogP contribution is -2.12. The van der Waals surface area contributed by atoms with E-state index in [0.29, 0.717) is 23.2 Å². The molecule has 2 rings (SSSR count). The lowest BCUT2D eigenvalue weighted by atomic mass is 10.3. The van der Waals surface area contributed by atoms with Crippen LogP contribution in [-0.4, -0.2) is 41.3 Å². The van der Waals surface area contributed by atoms with Crippen molar-refractivity contribution in [1.29, 1.82) is 0 Å². The molecule has 1 N–H and O–H groups in total. The van der Waals surface area contributed by atoms with Crippen LogP contribution in [0.2, 0.25) is 0 Å². The first-order valence-corrected chi connectivity index (χ1v) is 6.52. The van der Waals surface area contributed by atoms with Crippen LogP contribution in [-0.2, 0) is 4.79 Å². The Balaban J connectivity index is 2.26. The van der Waals surface area contributed by atoms with Crippen LogP contribution in [0.5, 0.6) is 23.5 Å². The van der Waals surface area contributed by atoms with Crippen LogP contribution in [0.25, 0.3) is 0 Å². The molecule has 0 radical (unpaired) electrons. The second-order valence-electron chi connectivity index (χ2n) is 4.15. The highest BCUT2D eigenvalue weighted by atomic mass is 16.5. The fourth-order valence-electron chi connectivity index (χ4n) is 1.51. The number of pyridine rings is 1. The highest BCUT2D eigenvalue weighted by molar-refractivity contribution is 5.82. The number of nitrogens with one attached hydrogen (secondary N) is 1. The molecule has 0 aliphatic carbocycles. The summed E-state index contributed by atoms with van der Waals surface area (Å²) >= 11 is 0. The first kappa shape index (κ1) is 16.1. The predicted octanol–water partition coefficient (Wildman–Crippen LogP) is 1.15. The monoisotopic (exact) mass is 317 g/mol. The highest BCUT2D eigenvalue weighted by Crippen LogP contribution is 2.24. The number of carbonyl (C=O) groups is 1. The average Bonchev–Trinajstić information content (AvgIpc) is 2.55. The molecule has 0 bridgehead atoms. The lowest BCUT2D eigenvalue weighted by molar-refractivity contribution is -0.118. The number of rotatable bonds is 6. The molecule has 2 aromatic rings. The third-order valence-corrected chi connectivity index (χ3v) is 2.49. The fourth-order valence-corrected chi connectivity index (χ4v) is 1.51. The van der Waals surface area contributed by atoms with E-state index in [1.165, 1.54) is 33.4 Å². The zero-order valence-corrected chi connectivity index (χ0v) is 12.8. The van der Waals surface area contributed by atoms with E-state index in [1.54, 1.807) is 18.3 Å². The van der Waals surface area contributed by atoms with Crippen molar-refractivity contribution in [1.82, 2.24) is 20.4 Å². The van der Waals surface area contributed by atoms with Crippen LogP contribution in [0.15, 0.2) is 29.5 Å². The van der Waals surface area contributed by atoms with E-state index >= 15 is 0 Å². The predicted molar refractivity (Wildman–Crippen MR) is 80.9 cm³/mol. The van der Waals surface area contributed by atoms with Gasteiger partial charge in [-0.1, -0.05) is 0 Å². The number of hydrazone groups is 1. The summed E-state index contributed by atoms with van der Waals surface area (Å²) in [5.74, 6) is 0.658. The molecule has 2 heterocycles. The van der Waals surface area contributed by atoms with Crippen molar-refractivity contribution in [3.63, 3.8) is 0 Å². The number of hydrogen-bond donors (Lipinski definition) is 1. The molecule has 0 unspecified atom stereocenters. The molecule has 0 aliphatic heterocycles.